The third-order valence-electron chi connectivity index (χ3n) is 3.46. The Morgan fingerprint density at radius 1 is 1.24 bits per heavy atom. The molecule has 0 aliphatic rings. The molecule has 1 aromatic carbocycles. The number of hydrogen-bond donors (Lipinski definition) is 0. The smallest absolute Gasteiger partial charge is 0.255 e. The summed E-state index contributed by atoms with van der Waals surface area (Å²) in [5.41, 5.74) is 2.98. The van der Waals surface area contributed by atoms with Crippen LogP contribution in [0.4, 0.5) is 0 Å². The number of benzene rings is 1. The quantitative estimate of drug-likeness (QED) is 0.856. The molecule has 0 aliphatic heterocycles. The predicted molar refractivity (Wildman–Crippen MR) is 87.3 cm³/mol. The number of methoxy groups -OCH3 is 1. The number of amides is 1. The molecule has 1 aromatic heterocycles. The van der Waals surface area contributed by atoms with Crippen LogP contribution in [0.1, 0.15) is 31.2 Å². The van der Waals surface area contributed by atoms with E-state index in [1.165, 1.54) is 0 Å². The predicted octanol–water partition coefficient (Wildman–Crippen LogP) is 3.95. The average molecular weight is 303 g/mol. The number of rotatable bonds is 4. The third kappa shape index (κ3) is 3.45. The molecule has 0 aliphatic carbocycles. The zero-order valence-corrected chi connectivity index (χ0v) is 14.0. The van der Waals surface area contributed by atoms with Crippen LogP contribution in [0.5, 0.6) is 5.75 Å². The van der Waals surface area contributed by atoms with Crippen LogP contribution < -0.4 is 4.74 Å². The first-order valence-corrected chi connectivity index (χ1v) is 7.70. The second kappa shape index (κ2) is 6.31. The van der Waals surface area contributed by atoms with Crippen LogP contribution >= 0.6 is 11.3 Å². The molecule has 112 valence electrons. The van der Waals surface area contributed by atoms with Gasteiger partial charge in [0.25, 0.3) is 5.91 Å². The summed E-state index contributed by atoms with van der Waals surface area (Å²) in [6, 6.07) is 7.99. The van der Waals surface area contributed by atoms with Crippen molar-refractivity contribution in [3.8, 4) is 5.75 Å². The van der Waals surface area contributed by atoms with Gasteiger partial charge in [0.1, 0.15) is 5.75 Å². The topological polar surface area (TPSA) is 29.5 Å². The van der Waals surface area contributed by atoms with Crippen molar-refractivity contribution in [2.45, 2.75) is 27.3 Å². The van der Waals surface area contributed by atoms with Gasteiger partial charge in [0.2, 0.25) is 0 Å². The normalized spacial score (nSPS) is 10.5. The number of nitrogens with zero attached hydrogens (tertiary/aromatic N) is 1. The van der Waals surface area contributed by atoms with Crippen molar-refractivity contribution in [1.29, 1.82) is 0 Å². The number of thiophene rings is 1. The molecule has 1 amide bonds. The highest BCUT2D eigenvalue weighted by molar-refractivity contribution is 7.12. The fourth-order valence-electron chi connectivity index (χ4n) is 2.41. The van der Waals surface area contributed by atoms with Crippen molar-refractivity contribution in [3.05, 3.63) is 50.7 Å². The number of aryl methyl sites for hydroxylation is 3. The van der Waals surface area contributed by atoms with Gasteiger partial charge in [0.15, 0.2) is 0 Å². The minimum atomic E-state index is 0.0559. The Balaban J connectivity index is 2.21. The minimum Gasteiger partial charge on any atom is -0.496 e. The van der Waals surface area contributed by atoms with Gasteiger partial charge in [-0.05, 0) is 32.9 Å². The Hall–Kier alpha value is -1.81. The molecule has 0 N–H and O–H groups in total. The Labute approximate surface area is 130 Å². The van der Waals surface area contributed by atoms with Crippen molar-refractivity contribution < 1.29 is 9.53 Å². The van der Waals surface area contributed by atoms with E-state index in [4.69, 9.17) is 4.74 Å². The summed E-state index contributed by atoms with van der Waals surface area (Å²) in [7, 11) is 3.49. The summed E-state index contributed by atoms with van der Waals surface area (Å²) in [4.78, 5) is 16.5. The highest BCUT2D eigenvalue weighted by Crippen LogP contribution is 2.24. The van der Waals surface area contributed by atoms with Crippen molar-refractivity contribution in [3.63, 3.8) is 0 Å². The molecule has 21 heavy (non-hydrogen) atoms. The molecule has 4 heteroatoms. The Kier molecular flexibility index (Phi) is 4.68. The zero-order chi connectivity index (χ0) is 15.6. The molecule has 0 fully saturated rings. The lowest BCUT2D eigenvalue weighted by Gasteiger charge is -2.19. The zero-order valence-electron chi connectivity index (χ0n) is 13.2. The molecule has 0 unspecified atom stereocenters. The Morgan fingerprint density at radius 2 is 1.95 bits per heavy atom. The fourth-order valence-corrected chi connectivity index (χ4v) is 3.32. The first kappa shape index (κ1) is 15.6. The van der Waals surface area contributed by atoms with Gasteiger partial charge in [-0.15, -0.1) is 11.3 Å². The molecule has 0 atom stereocenters. The summed E-state index contributed by atoms with van der Waals surface area (Å²) < 4.78 is 5.38. The third-order valence-corrected chi connectivity index (χ3v) is 4.43. The Morgan fingerprint density at radius 3 is 2.52 bits per heavy atom. The Bertz CT molecular complexity index is 661. The SMILES string of the molecule is COc1ccc(C)cc1CN(C)C(=O)c1cc(C)sc1C. The molecule has 0 radical (unpaired) electrons. The second-order valence-corrected chi connectivity index (χ2v) is 6.76. The lowest BCUT2D eigenvalue weighted by molar-refractivity contribution is 0.0784. The number of hydrogen-bond acceptors (Lipinski definition) is 3. The van der Waals surface area contributed by atoms with Gasteiger partial charge < -0.3 is 9.64 Å². The molecule has 0 bridgehead atoms. The van der Waals surface area contributed by atoms with Crippen LogP contribution in [0.25, 0.3) is 0 Å². The maximum Gasteiger partial charge on any atom is 0.255 e. The lowest BCUT2D eigenvalue weighted by Crippen LogP contribution is -2.26. The van der Waals surface area contributed by atoms with E-state index in [-0.39, 0.29) is 5.91 Å². The van der Waals surface area contributed by atoms with Crippen molar-refractivity contribution in [2.24, 2.45) is 0 Å². The molecule has 2 aromatic rings. The van der Waals surface area contributed by atoms with E-state index in [9.17, 15) is 4.79 Å². The van der Waals surface area contributed by atoms with Crippen LogP contribution in [0, 0.1) is 20.8 Å². The molecule has 3 nitrogen and oxygen atoms in total. The van der Waals surface area contributed by atoms with E-state index < -0.39 is 0 Å². The number of carbonyl (C=O) groups is 1. The van der Waals surface area contributed by atoms with Gasteiger partial charge in [-0.25, -0.2) is 0 Å². The van der Waals surface area contributed by atoms with Crippen molar-refractivity contribution in [1.82, 2.24) is 4.90 Å². The van der Waals surface area contributed by atoms with E-state index in [0.29, 0.717) is 6.54 Å². The molecule has 0 saturated heterocycles. The number of carbonyl (C=O) groups excluding carboxylic acids is 1. The fraction of sp³-hybridized carbons (Fsp3) is 0.353. The first-order valence-electron chi connectivity index (χ1n) is 6.88. The van der Waals surface area contributed by atoms with Crippen LogP contribution in [-0.4, -0.2) is 25.0 Å². The van der Waals surface area contributed by atoms with Gasteiger partial charge in [0, 0.05) is 28.9 Å². The monoisotopic (exact) mass is 303 g/mol. The maximum absolute atomic E-state index is 12.6. The standard InChI is InChI=1S/C17H21NO2S/c1-11-6-7-16(20-5)14(8-11)10-18(4)17(19)15-9-12(2)21-13(15)3/h6-9H,10H2,1-5H3. The first-order chi connectivity index (χ1) is 9.92. The van der Waals surface area contributed by atoms with E-state index in [0.717, 1.165) is 32.2 Å². The summed E-state index contributed by atoms with van der Waals surface area (Å²) in [5, 5.41) is 0. The van der Waals surface area contributed by atoms with Crippen molar-refractivity contribution >= 4 is 17.2 Å². The number of ether oxygens (including phenoxy) is 1. The van der Waals surface area contributed by atoms with Crippen LogP contribution in [0.3, 0.4) is 0 Å². The summed E-state index contributed by atoms with van der Waals surface area (Å²) in [5.74, 6) is 0.874. The lowest BCUT2D eigenvalue weighted by atomic mass is 10.1. The van der Waals surface area contributed by atoms with Gasteiger partial charge in [-0.2, -0.15) is 0 Å². The summed E-state index contributed by atoms with van der Waals surface area (Å²) >= 11 is 1.66. The van der Waals surface area contributed by atoms with Crippen LogP contribution in [0.2, 0.25) is 0 Å². The largest absolute Gasteiger partial charge is 0.496 e. The highest BCUT2D eigenvalue weighted by atomic mass is 32.1. The van der Waals surface area contributed by atoms with E-state index in [1.54, 1.807) is 23.3 Å². The van der Waals surface area contributed by atoms with Gasteiger partial charge in [-0.1, -0.05) is 17.7 Å². The summed E-state index contributed by atoms with van der Waals surface area (Å²) in [6.45, 7) is 6.60. The van der Waals surface area contributed by atoms with E-state index in [1.807, 2.05) is 46.0 Å². The van der Waals surface area contributed by atoms with Crippen molar-refractivity contribution in [2.75, 3.05) is 14.2 Å². The second-order valence-electron chi connectivity index (χ2n) is 5.30. The van der Waals surface area contributed by atoms with E-state index >= 15 is 0 Å². The maximum atomic E-state index is 12.6. The molecular weight excluding hydrogens is 282 g/mol. The average Bonchev–Trinajstić information content (AvgIpc) is 2.77. The summed E-state index contributed by atoms with van der Waals surface area (Å²) in [6.07, 6.45) is 0. The molecule has 1 heterocycles. The van der Waals surface area contributed by atoms with Gasteiger partial charge >= 0.3 is 0 Å². The molecule has 0 spiro atoms. The van der Waals surface area contributed by atoms with Crippen LogP contribution in [0.15, 0.2) is 24.3 Å². The molecule has 2 rings (SSSR count). The van der Waals surface area contributed by atoms with Gasteiger partial charge in [0.05, 0.1) is 12.7 Å². The minimum absolute atomic E-state index is 0.0559. The van der Waals surface area contributed by atoms with E-state index in [2.05, 4.69) is 6.07 Å². The molecular formula is C17H21NO2S. The highest BCUT2D eigenvalue weighted by Gasteiger charge is 2.17. The molecule has 0 saturated carbocycles. The van der Waals surface area contributed by atoms with Gasteiger partial charge in [-0.3, -0.25) is 4.79 Å². The van der Waals surface area contributed by atoms with Crippen LogP contribution in [-0.2, 0) is 6.54 Å².